The molecule has 2 heteroatoms. The first-order chi connectivity index (χ1) is 7.81. The Hall–Kier alpha value is -1.57. The molecule has 0 aliphatic rings. The minimum absolute atomic E-state index is 0.962. The molecule has 0 N–H and O–H groups in total. The number of hydrogen-bond donors (Lipinski definition) is 0. The maximum absolute atomic E-state index is 2.31. The van der Waals surface area contributed by atoms with E-state index in [1.165, 1.54) is 17.8 Å². The maximum atomic E-state index is 2.31. The highest BCUT2D eigenvalue weighted by atomic mass is 15.1. The number of rotatable bonds is 4. The Morgan fingerprint density at radius 3 is 2.62 bits per heavy atom. The van der Waals surface area contributed by atoms with Gasteiger partial charge in [0, 0.05) is 6.92 Å². The number of benzene rings is 1. The van der Waals surface area contributed by atoms with Gasteiger partial charge in [-0.1, -0.05) is 37.3 Å². The van der Waals surface area contributed by atoms with Gasteiger partial charge in [0.05, 0.1) is 6.54 Å². The molecule has 16 heavy (non-hydrogen) atoms. The summed E-state index contributed by atoms with van der Waals surface area (Å²) in [5, 5.41) is 0. The highest BCUT2D eigenvalue weighted by molar-refractivity contribution is 5.15. The predicted molar refractivity (Wildman–Crippen MR) is 65.2 cm³/mol. The van der Waals surface area contributed by atoms with E-state index in [1.54, 1.807) is 0 Å². The van der Waals surface area contributed by atoms with Crippen LogP contribution >= 0.6 is 0 Å². The predicted octanol–water partition coefficient (Wildman–Crippen LogP) is 2.54. The Kier molecular flexibility index (Phi) is 3.40. The summed E-state index contributed by atoms with van der Waals surface area (Å²) in [7, 11) is 0. The third-order valence-electron chi connectivity index (χ3n) is 2.92. The molecular formula is C14H19N2+. The second-order valence-electron chi connectivity index (χ2n) is 4.15. The lowest BCUT2D eigenvalue weighted by molar-refractivity contribution is -0.702. The Labute approximate surface area is 97.2 Å². The van der Waals surface area contributed by atoms with Gasteiger partial charge in [-0.2, -0.15) is 0 Å². The summed E-state index contributed by atoms with van der Waals surface area (Å²) in [6.07, 6.45) is 5.51. The fraction of sp³-hybridized carbons (Fsp3) is 0.357. The first-order valence-electron chi connectivity index (χ1n) is 5.90. The molecule has 0 amide bonds. The Morgan fingerprint density at radius 2 is 1.94 bits per heavy atom. The summed E-state index contributed by atoms with van der Waals surface area (Å²) in [5.41, 5.74) is 1.35. The van der Waals surface area contributed by atoms with Crippen LogP contribution in [0.4, 0.5) is 0 Å². The molecule has 0 saturated carbocycles. The van der Waals surface area contributed by atoms with E-state index in [9.17, 15) is 0 Å². The lowest BCUT2D eigenvalue weighted by Gasteiger charge is -2.00. The first kappa shape index (κ1) is 10.9. The molecule has 84 valence electrons. The van der Waals surface area contributed by atoms with Crippen molar-refractivity contribution in [2.75, 3.05) is 0 Å². The normalized spacial score (nSPS) is 10.6. The van der Waals surface area contributed by atoms with E-state index in [2.05, 4.69) is 65.7 Å². The molecule has 0 aliphatic heterocycles. The second-order valence-corrected chi connectivity index (χ2v) is 4.15. The zero-order valence-electron chi connectivity index (χ0n) is 10.1. The van der Waals surface area contributed by atoms with Crippen LogP contribution in [0.25, 0.3) is 0 Å². The van der Waals surface area contributed by atoms with Crippen molar-refractivity contribution in [3.63, 3.8) is 0 Å². The molecule has 1 heterocycles. The molecule has 0 radical (unpaired) electrons. The van der Waals surface area contributed by atoms with Crippen LogP contribution in [-0.4, -0.2) is 4.57 Å². The maximum Gasteiger partial charge on any atom is 0.253 e. The molecule has 0 fully saturated rings. The minimum Gasteiger partial charge on any atom is -0.234 e. The molecule has 0 spiro atoms. The molecule has 0 saturated heterocycles. The van der Waals surface area contributed by atoms with Gasteiger partial charge in [-0.3, -0.25) is 0 Å². The Bertz CT molecular complexity index is 443. The van der Waals surface area contributed by atoms with Crippen LogP contribution in [0.2, 0.25) is 0 Å². The number of nitrogens with zero attached hydrogens (tertiary/aromatic N) is 2. The molecule has 0 bridgehead atoms. The van der Waals surface area contributed by atoms with E-state index >= 15 is 0 Å². The summed E-state index contributed by atoms with van der Waals surface area (Å²) in [5.74, 6) is 1.32. The van der Waals surface area contributed by atoms with Crippen molar-refractivity contribution in [2.45, 2.75) is 33.4 Å². The second kappa shape index (κ2) is 4.97. The van der Waals surface area contributed by atoms with Gasteiger partial charge in [-0.25, -0.2) is 9.13 Å². The quantitative estimate of drug-likeness (QED) is 0.693. The zero-order valence-corrected chi connectivity index (χ0v) is 10.1. The van der Waals surface area contributed by atoms with E-state index in [-0.39, 0.29) is 0 Å². The van der Waals surface area contributed by atoms with E-state index < -0.39 is 0 Å². The van der Waals surface area contributed by atoms with Crippen LogP contribution < -0.4 is 4.57 Å². The number of aryl methyl sites for hydroxylation is 1. The van der Waals surface area contributed by atoms with Gasteiger partial charge in [-0.15, -0.1) is 0 Å². The Balaban J connectivity index is 2.16. The van der Waals surface area contributed by atoms with Gasteiger partial charge >= 0.3 is 0 Å². The van der Waals surface area contributed by atoms with Crippen LogP contribution in [0.5, 0.6) is 0 Å². The number of imidazole rings is 1. The van der Waals surface area contributed by atoms with E-state index in [0.717, 1.165) is 13.1 Å². The summed E-state index contributed by atoms with van der Waals surface area (Å²) in [4.78, 5) is 0. The van der Waals surface area contributed by atoms with E-state index in [1.807, 2.05) is 0 Å². The average Bonchev–Trinajstić information content (AvgIpc) is 2.64. The van der Waals surface area contributed by atoms with Crippen LogP contribution in [0.3, 0.4) is 0 Å². The largest absolute Gasteiger partial charge is 0.253 e. The van der Waals surface area contributed by atoms with Crippen molar-refractivity contribution in [3.8, 4) is 0 Å². The van der Waals surface area contributed by atoms with Crippen molar-refractivity contribution >= 4 is 0 Å². The molecule has 1 aromatic heterocycles. The lowest BCUT2D eigenvalue weighted by Crippen LogP contribution is -2.35. The topological polar surface area (TPSA) is 8.81 Å². The van der Waals surface area contributed by atoms with Crippen molar-refractivity contribution in [2.24, 2.45) is 0 Å². The lowest BCUT2D eigenvalue weighted by atomic mass is 10.2. The van der Waals surface area contributed by atoms with Crippen LogP contribution in [-0.2, 0) is 13.1 Å². The van der Waals surface area contributed by atoms with Crippen LogP contribution in [0.1, 0.15) is 24.7 Å². The molecule has 2 aromatic rings. The average molecular weight is 215 g/mol. The number of aromatic nitrogens is 2. The summed E-state index contributed by atoms with van der Waals surface area (Å²) in [6.45, 7) is 6.45. The third kappa shape index (κ3) is 2.32. The highest BCUT2D eigenvalue weighted by Crippen LogP contribution is 2.03. The molecular weight excluding hydrogens is 196 g/mol. The smallest absolute Gasteiger partial charge is 0.234 e. The van der Waals surface area contributed by atoms with Gasteiger partial charge in [-0.05, 0) is 12.0 Å². The van der Waals surface area contributed by atoms with Gasteiger partial charge < -0.3 is 0 Å². The minimum atomic E-state index is 0.962. The van der Waals surface area contributed by atoms with E-state index in [0.29, 0.717) is 0 Å². The first-order valence-corrected chi connectivity index (χ1v) is 5.90. The molecule has 0 atom stereocenters. The van der Waals surface area contributed by atoms with Crippen molar-refractivity contribution < 1.29 is 4.57 Å². The van der Waals surface area contributed by atoms with Gasteiger partial charge in [0.15, 0.2) is 0 Å². The van der Waals surface area contributed by atoms with Gasteiger partial charge in [0.25, 0.3) is 5.82 Å². The van der Waals surface area contributed by atoms with E-state index in [4.69, 9.17) is 0 Å². The molecule has 0 unspecified atom stereocenters. The molecule has 2 rings (SSSR count). The summed E-state index contributed by atoms with van der Waals surface area (Å²) in [6, 6.07) is 10.6. The van der Waals surface area contributed by atoms with Crippen LogP contribution in [0, 0.1) is 6.92 Å². The summed E-state index contributed by atoms with van der Waals surface area (Å²) < 4.78 is 4.61. The van der Waals surface area contributed by atoms with Crippen molar-refractivity contribution in [1.82, 2.24) is 4.57 Å². The fourth-order valence-electron chi connectivity index (χ4n) is 1.97. The Morgan fingerprint density at radius 1 is 1.19 bits per heavy atom. The SMILES string of the molecule is CCC[n+]1ccn(Cc2ccccc2)c1C. The molecule has 1 aromatic carbocycles. The third-order valence-corrected chi connectivity index (χ3v) is 2.92. The number of hydrogen-bond acceptors (Lipinski definition) is 0. The van der Waals surface area contributed by atoms with Crippen LogP contribution in [0.15, 0.2) is 42.7 Å². The summed E-state index contributed by atoms with van der Waals surface area (Å²) >= 11 is 0. The molecule has 2 nitrogen and oxygen atoms in total. The zero-order chi connectivity index (χ0) is 11.4. The fourth-order valence-corrected chi connectivity index (χ4v) is 1.97. The highest BCUT2D eigenvalue weighted by Gasteiger charge is 2.10. The van der Waals surface area contributed by atoms with Crippen molar-refractivity contribution in [3.05, 3.63) is 54.1 Å². The monoisotopic (exact) mass is 215 g/mol. The van der Waals surface area contributed by atoms with Gasteiger partial charge in [0.1, 0.15) is 18.9 Å². The molecule has 0 aliphatic carbocycles. The standard InChI is InChI=1S/C14H19N2/c1-3-9-15-10-11-16(13(15)2)12-14-7-5-4-6-8-14/h4-8,10-11H,3,9,12H2,1-2H3/q+1. The van der Waals surface area contributed by atoms with Gasteiger partial charge in [0.2, 0.25) is 0 Å². The van der Waals surface area contributed by atoms with Crippen molar-refractivity contribution in [1.29, 1.82) is 0 Å².